The first-order chi connectivity index (χ1) is 14.8. The summed E-state index contributed by atoms with van der Waals surface area (Å²) < 4.78 is 19.8. The van der Waals surface area contributed by atoms with Gasteiger partial charge in [0.1, 0.15) is 23.5 Å². The zero-order valence-electron chi connectivity index (χ0n) is 16.9. The van der Waals surface area contributed by atoms with E-state index in [4.69, 9.17) is 10.2 Å². The number of hydrogen-bond acceptors (Lipinski definition) is 8. The molecule has 0 aliphatic carbocycles. The molecule has 1 unspecified atom stereocenters. The molecule has 0 spiro atoms. The number of oxazole rings is 1. The van der Waals surface area contributed by atoms with Gasteiger partial charge in [-0.25, -0.2) is 24.3 Å². The van der Waals surface area contributed by atoms with E-state index in [1.54, 1.807) is 6.92 Å². The van der Waals surface area contributed by atoms with Gasteiger partial charge in [0.2, 0.25) is 11.8 Å². The number of aromatic nitrogens is 3. The molecule has 9 nitrogen and oxygen atoms in total. The van der Waals surface area contributed by atoms with Crippen molar-refractivity contribution in [3.63, 3.8) is 0 Å². The van der Waals surface area contributed by atoms with Crippen LogP contribution in [0.5, 0.6) is 0 Å². The average Bonchev–Trinajstić information content (AvgIpc) is 3.28. The van der Waals surface area contributed by atoms with Crippen LogP contribution in [0.1, 0.15) is 35.0 Å². The van der Waals surface area contributed by atoms with E-state index in [9.17, 15) is 14.0 Å². The Kier molecular flexibility index (Phi) is 5.05. The van der Waals surface area contributed by atoms with Crippen LogP contribution in [0.2, 0.25) is 0 Å². The molecule has 0 saturated heterocycles. The lowest BCUT2D eigenvalue weighted by molar-refractivity contribution is -0.128. The van der Waals surface area contributed by atoms with E-state index in [1.165, 1.54) is 55.0 Å². The van der Waals surface area contributed by atoms with Gasteiger partial charge in [-0.2, -0.15) is 0 Å². The molecule has 0 saturated carbocycles. The minimum atomic E-state index is -1.16. The van der Waals surface area contributed by atoms with Crippen LogP contribution in [0, 0.1) is 5.82 Å². The van der Waals surface area contributed by atoms with E-state index >= 15 is 0 Å². The third-order valence-corrected chi connectivity index (χ3v) is 5.14. The summed E-state index contributed by atoms with van der Waals surface area (Å²) >= 11 is 0. The zero-order valence-corrected chi connectivity index (χ0v) is 16.9. The molecular weight excluding hydrogens is 403 g/mol. The van der Waals surface area contributed by atoms with Crippen molar-refractivity contribution in [1.82, 2.24) is 19.9 Å². The minimum absolute atomic E-state index is 0.0149. The second-order valence-corrected chi connectivity index (χ2v) is 7.41. The van der Waals surface area contributed by atoms with Crippen LogP contribution in [0.4, 0.5) is 4.39 Å². The van der Waals surface area contributed by atoms with Crippen molar-refractivity contribution in [3.05, 3.63) is 65.7 Å². The molecule has 1 amide bonds. The van der Waals surface area contributed by atoms with Crippen molar-refractivity contribution >= 4 is 17.6 Å². The summed E-state index contributed by atoms with van der Waals surface area (Å²) in [7, 11) is 1.51. The summed E-state index contributed by atoms with van der Waals surface area (Å²) in [6, 6.07) is 4.31. The Balaban J connectivity index is 1.57. The highest BCUT2D eigenvalue weighted by molar-refractivity contribution is 5.99. The van der Waals surface area contributed by atoms with Gasteiger partial charge in [-0.3, -0.25) is 14.5 Å². The molecule has 158 valence electrons. The van der Waals surface area contributed by atoms with Crippen LogP contribution in [0.15, 0.2) is 52.5 Å². The molecule has 31 heavy (non-hydrogen) atoms. The van der Waals surface area contributed by atoms with Gasteiger partial charge < -0.3 is 10.2 Å². The number of nitrogens with two attached hydrogens (primary N) is 1. The summed E-state index contributed by atoms with van der Waals surface area (Å²) in [6.07, 6.45) is 5.58. The second-order valence-electron chi connectivity index (χ2n) is 7.41. The SMILES string of the molecule is CN1C(=O)CC(C)(c2cc(CC(=O)c3cnc(-c4ncco4)cn3)ccc2F)N=C1N. The Labute approximate surface area is 176 Å². The third kappa shape index (κ3) is 3.91. The third-order valence-electron chi connectivity index (χ3n) is 5.14. The molecule has 2 N–H and O–H groups in total. The number of amides is 1. The molecule has 2 aromatic heterocycles. The molecule has 10 heteroatoms. The first kappa shape index (κ1) is 20.3. The Bertz CT molecular complexity index is 1180. The fraction of sp³-hybridized carbons (Fsp3) is 0.238. The van der Waals surface area contributed by atoms with E-state index in [1.807, 2.05) is 0 Å². The van der Waals surface area contributed by atoms with Gasteiger partial charge in [-0.15, -0.1) is 0 Å². The smallest absolute Gasteiger partial charge is 0.246 e. The van der Waals surface area contributed by atoms with Crippen LogP contribution < -0.4 is 5.73 Å². The lowest BCUT2D eigenvalue weighted by Gasteiger charge is -2.34. The van der Waals surface area contributed by atoms with Gasteiger partial charge in [0.25, 0.3) is 0 Å². The van der Waals surface area contributed by atoms with E-state index in [-0.39, 0.29) is 41.7 Å². The van der Waals surface area contributed by atoms with Gasteiger partial charge >= 0.3 is 0 Å². The van der Waals surface area contributed by atoms with Crippen LogP contribution in [0.25, 0.3) is 11.6 Å². The standard InChI is InChI=1S/C21H19FN6O3/c1-21(9-18(30)28(2)20(23)27-21)13-7-12(3-4-14(13)22)8-17(29)15-10-26-16(11-25-15)19-24-5-6-31-19/h3-7,10-11H,8-9H2,1-2H3,(H2,23,27). The highest BCUT2D eigenvalue weighted by atomic mass is 19.1. The molecule has 1 aromatic carbocycles. The lowest BCUT2D eigenvalue weighted by atomic mass is 9.85. The number of carbonyl (C=O) groups is 2. The van der Waals surface area contributed by atoms with Gasteiger partial charge in [-0.05, 0) is 24.6 Å². The van der Waals surface area contributed by atoms with Gasteiger partial charge in [0, 0.05) is 19.0 Å². The lowest BCUT2D eigenvalue weighted by Crippen LogP contribution is -2.47. The quantitative estimate of drug-likeness (QED) is 0.624. The molecule has 3 heterocycles. The van der Waals surface area contributed by atoms with Crippen LogP contribution in [-0.2, 0) is 16.8 Å². The summed E-state index contributed by atoms with van der Waals surface area (Å²) in [6.45, 7) is 1.64. The van der Waals surface area contributed by atoms with E-state index in [0.29, 0.717) is 17.1 Å². The van der Waals surface area contributed by atoms with Crippen molar-refractivity contribution in [2.45, 2.75) is 25.3 Å². The predicted octanol–water partition coefficient (Wildman–Crippen LogP) is 2.09. The summed E-state index contributed by atoms with van der Waals surface area (Å²) in [5.41, 5.74) is 5.99. The Morgan fingerprint density at radius 1 is 1.29 bits per heavy atom. The zero-order chi connectivity index (χ0) is 22.2. The maximum absolute atomic E-state index is 14.6. The van der Waals surface area contributed by atoms with Gasteiger partial charge in [-0.1, -0.05) is 6.07 Å². The van der Waals surface area contributed by atoms with E-state index in [2.05, 4.69) is 19.9 Å². The average molecular weight is 422 g/mol. The van der Waals surface area contributed by atoms with Crippen molar-refractivity contribution in [1.29, 1.82) is 0 Å². The maximum atomic E-state index is 14.6. The number of aliphatic imine (C=N–C) groups is 1. The number of halogens is 1. The first-order valence-electron chi connectivity index (χ1n) is 9.43. The normalized spacial score (nSPS) is 18.7. The largest absolute Gasteiger partial charge is 0.443 e. The molecule has 1 atom stereocenters. The van der Waals surface area contributed by atoms with Crippen molar-refractivity contribution in [2.75, 3.05) is 7.05 Å². The molecule has 4 rings (SSSR count). The van der Waals surface area contributed by atoms with Crippen molar-refractivity contribution in [2.24, 2.45) is 10.7 Å². The van der Waals surface area contributed by atoms with E-state index < -0.39 is 11.4 Å². The number of guanidine groups is 1. The fourth-order valence-corrected chi connectivity index (χ4v) is 3.37. The molecule has 1 aliphatic rings. The molecule has 1 aliphatic heterocycles. The summed E-state index contributed by atoms with van der Waals surface area (Å²) in [4.78, 5) is 42.7. The number of rotatable bonds is 5. The number of hydrogen-bond donors (Lipinski definition) is 1. The highest BCUT2D eigenvalue weighted by Gasteiger charge is 2.38. The van der Waals surface area contributed by atoms with Crippen molar-refractivity contribution in [3.8, 4) is 11.6 Å². The number of Topliss-reactive ketones (excluding diaryl/α,β-unsaturated/α-hetero) is 1. The minimum Gasteiger partial charge on any atom is -0.443 e. The van der Waals surface area contributed by atoms with Crippen LogP contribution in [-0.4, -0.2) is 44.5 Å². The molecular formula is C21H19FN6O3. The highest BCUT2D eigenvalue weighted by Crippen LogP contribution is 2.35. The number of benzene rings is 1. The first-order valence-corrected chi connectivity index (χ1v) is 9.43. The molecule has 0 bridgehead atoms. The Morgan fingerprint density at radius 3 is 2.74 bits per heavy atom. The van der Waals surface area contributed by atoms with Gasteiger partial charge in [0.05, 0.1) is 30.6 Å². The van der Waals surface area contributed by atoms with Crippen molar-refractivity contribution < 1.29 is 18.4 Å². The topological polar surface area (TPSA) is 128 Å². The molecule has 0 radical (unpaired) electrons. The van der Waals surface area contributed by atoms with E-state index in [0.717, 1.165) is 0 Å². The van der Waals surface area contributed by atoms with Crippen LogP contribution >= 0.6 is 0 Å². The summed E-state index contributed by atoms with van der Waals surface area (Å²) in [5, 5.41) is 0. The predicted molar refractivity (Wildman–Crippen MR) is 108 cm³/mol. The monoisotopic (exact) mass is 422 g/mol. The van der Waals surface area contributed by atoms with Gasteiger partial charge in [0.15, 0.2) is 11.7 Å². The number of nitrogens with zero attached hydrogens (tertiary/aromatic N) is 5. The Hall–Kier alpha value is -3.95. The number of carbonyl (C=O) groups excluding carboxylic acids is 2. The fourth-order valence-electron chi connectivity index (χ4n) is 3.37. The second kappa shape index (κ2) is 7.71. The molecule has 3 aromatic rings. The Morgan fingerprint density at radius 2 is 2.10 bits per heavy atom. The van der Waals surface area contributed by atoms with Crippen LogP contribution in [0.3, 0.4) is 0 Å². The maximum Gasteiger partial charge on any atom is 0.246 e. The molecule has 0 fully saturated rings. The number of ketones is 1. The summed E-state index contributed by atoms with van der Waals surface area (Å²) in [5.74, 6) is -0.770.